The molecule has 1 atom stereocenters. The highest BCUT2D eigenvalue weighted by molar-refractivity contribution is 5.80. The van der Waals surface area contributed by atoms with Crippen LogP contribution in [-0.4, -0.2) is 45.8 Å². The average Bonchev–Trinajstić information content (AvgIpc) is 2.98. The number of hydrogen-bond donors (Lipinski definition) is 2. The summed E-state index contributed by atoms with van der Waals surface area (Å²) in [5, 5.41) is 21.5. The first kappa shape index (κ1) is 21.8. The summed E-state index contributed by atoms with van der Waals surface area (Å²) in [4.78, 5) is 6.73. The van der Waals surface area contributed by atoms with E-state index in [4.69, 9.17) is 4.74 Å². The molecule has 0 radical (unpaired) electrons. The van der Waals surface area contributed by atoms with Crippen molar-refractivity contribution in [2.45, 2.75) is 31.0 Å². The molecule has 5 rings (SSSR count). The molecule has 1 aromatic carbocycles. The number of allylic oxidation sites excluding steroid dienone is 4. The lowest BCUT2D eigenvalue weighted by Gasteiger charge is -2.38. The molecule has 6 heteroatoms. The maximum Gasteiger partial charge on any atom is 0.227 e. The molecule has 2 N–H and O–H groups in total. The highest BCUT2D eigenvalue weighted by Crippen LogP contribution is 2.36. The Kier molecular flexibility index (Phi) is 5.98. The van der Waals surface area contributed by atoms with E-state index in [2.05, 4.69) is 16.0 Å². The predicted octanol–water partition coefficient (Wildman–Crippen LogP) is 4.11. The molecular formula is C27H27FN2O3. The third kappa shape index (κ3) is 4.55. The van der Waals surface area contributed by atoms with E-state index in [0.717, 1.165) is 48.3 Å². The van der Waals surface area contributed by atoms with E-state index < -0.39 is 11.7 Å². The Bertz CT molecular complexity index is 1140. The van der Waals surface area contributed by atoms with Gasteiger partial charge in [0.15, 0.2) is 0 Å². The van der Waals surface area contributed by atoms with E-state index in [1.54, 1.807) is 30.5 Å². The fourth-order valence-corrected chi connectivity index (χ4v) is 4.65. The molecule has 0 spiro atoms. The summed E-state index contributed by atoms with van der Waals surface area (Å²) in [7, 11) is 0. The molecule has 0 bridgehead atoms. The van der Waals surface area contributed by atoms with Crippen LogP contribution in [0, 0.1) is 5.82 Å². The summed E-state index contributed by atoms with van der Waals surface area (Å²) in [5.41, 5.74) is 2.49. The third-order valence-electron chi connectivity index (χ3n) is 6.62. The Balaban J connectivity index is 1.28. The topological polar surface area (TPSA) is 65.8 Å². The molecule has 170 valence electrons. The van der Waals surface area contributed by atoms with E-state index in [1.807, 2.05) is 24.3 Å². The van der Waals surface area contributed by atoms with Gasteiger partial charge in [-0.25, -0.2) is 9.37 Å². The fraction of sp³-hybridized carbons (Fsp3) is 0.296. The van der Waals surface area contributed by atoms with Crippen molar-refractivity contribution in [2.24, 2.45) is 0 Å². The monoisotopic (exact) mass is 446 g/mol. The van der Waals surface area contributed by atoms with Gasteiger partial charge >= 0.3 is 0 Å². The van der Waals surface area contributed by atoms with Crippen LogP contribution in [0.15, 0.2) is 84.3 Å². The van der Waals surface area contributed by atoms with Gasteiger partial charge in [-0.1, -0.05) is 30.4 Å². The van der Waals surface area contributed by atoms with Gasteiger partial charge in [-0.05, 0) is 66.8 Å². The minimum atomic E-state index is -0.899. The molecule has 1 aliphatic carbocycles. The molecule has 2 aromatic rings. The zero-order chi connectivity index (χ0) is 22.8. The predicted molar refractivity (Wildman–Crippen MR) is 125 cm³/mol. The number of aromatic nitrogens is 1. The lowest BCUT2D eigenvalue weighted by molar-refractivity contribution is -0.0254. The van der Waals surface area contributed by atoms with Gasteiger partial charge in [0.05, 0.1) is 5.60 Å². The van der Waals surface area contributed by atoms with Crippen molar-refractivity contribution in [2.75, 3.05) is 19.6 Å². The van der Waals surface area contributed by atoms with Crippen LogP contribution < -0.4 is 4.74 Å². The molecule has 2 aliphatic heterocycles. The first-order valence-electron chi connectivity index (χ1n) is 11.3. The first-order valence-corrected chi connectivity index (χ1v) is 11.3. The van der Waals surface area contributed by atoms with Crippen LogP contribution in [0.3, 0.4) is 0 Å². The van der Waals surface area contributed by atoms with Gasteiger partial charge in [-0.15, -0.1) is 0 Å². The van der Waals surface area contributed by atoms with Gasteiger partial charge in [0.2, 0.25) is 5.88 Å². The molecule has 1 aromatic heterocycles. The molecular weight excluding hydrogens is 419 g/mol. The number of aliphatic hydroxyl groups is 2. The molecule has 5 nitrogen and oxygen atoms in total. The SMILES string of the molecule is OC1C=CC=C2Oc3ncccc3C(=CCCN3CCC(O)(c4ccc(F)cc4)CC3)C=C21. The fourth-order valence-electron chi connectivity index (χ4n) is 4.65. The normalized spacial score (nSPS) is 23.1. The van der Waals surface area contributed by atoms with Crippen LogP contribution in [0.4, 0.5) is 4.39 Å². The van der Waals surface area contributed by atoms with E-state index >= 15 is 0 Å². The maximum atomic E-state index is 13.2. The quantitative estimate of drug-likeness (QED) is 0.740. The molecule has 33 heavy (non-hydrogen) atoms. The van der Waals surface area contributed by atoms with Crippen molar-refractivity contribution >= 4 is 5.57 Å². The number of nitrogens with zero attached hydrogens (tertiary/aromatic N) is 2. The van der Waals surface area contributed by atoms with Crippen LogP contribution in [0.1, 0.15) is 30.4 Å². The minimum Gasteiger partial charge on any atom is -0.438 e. The zero-order valence-electron chi connectivity index (χ0n) is 18.3. The number of pyridine rings is 1. The molecule has 1 fully saturated rings. The summed E-state index contributed by atoms with van der Waals surface area (Å²) in [6, 6.07) is 10.0. The van der Waals surface area contributed by atoms with Gasteiger partial charge in [-0.3, -0.25) is 0 Å². The smallest absolute Gasteiger partial charge is 0.227 e. The Morgan fingerprint density at radius 1 is 1.18 bits per heavy atom. The Morgan fingerprint density at radius 3 is 2.76 bits per heavy atom. The number of ether oxygens (including phenoxy) is 1. The Morgan fingerprint density at radius 2 is 1.97 bits per heavy atom. The van der Waals surface area contributed by atoms with Crippen LogP contribution in [0.5, 0.6) is 5.88 Å². The highest BCUT2D eigenvalue weighted by Gasteiger charge is 2.33. The molecule has 3 heterocycles. The van der Waals surface area contributed by atoms with Crippen LogP contribution in [-0.2, 0) is 5.60 Å². The van der Waals surface area contributed by atoms with Crippen molar-refractivity contribution in [1.82, 2.24) is 9.88 Å². The largest absolute Gasteiger partial charge is 0.438 e. The van der Waals surface area contributed by atoms with E-state index in [1.165, 1.54) is 12.1 Å². The first-order chi connectivity index (χ1) is 16.0. The number of benzene rings is 1. The molecule has 1 unspecified atom stereocenters. The molecule has 0 amide bonds. The van der Waals surface area contributed by atoms with E-state index in [9.17, 15) is 14.6 Å². The summed E-state index contributed by atoms with van der Waals surface area (Å²) >= 11 is 0. The minimum absolute atomic E-state index is 0.289. The molecule has 1 saturated heterocycles. The number of likely N-dealkylation sites (tertiary alicyclic amines) is 1. The van der Waals surface area contributed by atoms with Gasteiger partial charge < -0.3 is 19.8 Å². The lowest BCUT2D eigenvalue weighted by atomic mass is 9.84. The molecule has 3 aliphatic rings. The number of rotatable bonds is 4. The van der Waals surface area contributed by atoms with E-state index in [-0.39, 0.29) is 5.82 Å². The summed E-state index contributed by atoms with van der Waals surface area (Å²) in [6.07, 6.45) is 12.5. The number of hydrogen-bond acceptors (Lipinski definition) is 5. The second kappa shape index (κ2) is 9.06. The van der Waals surface area contributed by atoms with Gasteiger partial charge in [0, 0.05) is 37.0 Å². The van der Waals surface area contributed by atoms with Crippen molar-refractivity contribution in [3.8, 4) is 5.88 Å². The van der Waals surface area contributed by atoms with Crippen LogP contribution >= 0.6 is 0 Å². The average molecular weight is 447 g/mol. The van der Waals surface area contributed by atoms with Gasteiger partial charge in [0.1, 0.15) is 17.7 Å². The van der Waals surface area contributed by atoms with Gasteiger partial charge in [-0.2, -0.15) is 0 Å². The second-order valence-corrected chi connectivity index (χ2v) is 8.75. The summed E-state index contributed by atoms with van der Waals surface area (Å²) < 4.78 is 19.2. The zero-order valence-corrected chi connectivity index (χ0v) is 18.3. The van der Waals surface area contributed by atoms with E-state index in [0.29, 0.717) is 24.5 Å². The maximum absolute atomic E-state index is 13.2. The summed E-state index contributed by atoms with van der Waals surface area (Å²) in [6.45, 7) is 2.40. The Labute approximate surface area is 192 Å². The second-order valence-electron chi connectivity index (χ2n) is 8.75. The number of aliphatic hydroxyl groups excluding tert-OH is 1. The van der Waals surface area contributed by atoms with Crippen molar-refractivity contribution in [3.63, 3.8) is 0 Å². The molecule has 0 saturated carbocycles. The van der Waals surface area contributed by atoms with Crippen molar-refractivity contribution in [1.29, 1.82) is 0 Å². The van der Waals surface area contributed by atoms with Crippen LogP contribution in [0.25, 0.3) is 5.57 Å². The summed E-state index contributed by atoms with van der Waals surface area (Å²) in [5.74, 6) is 0.860. The number of piperidine rings is 1. The standard InChI is InChI=1S/C27H27FN2O3/c28-21-10-8-20(9-11-21)27(32)12-16-30(17-13-27)15-3-4-19-18-23-24(31)6-1-7-25(23)33-26-22(19)5-2-14-29-26/h1-2,4-11,14,18,24,31-32H,3,12-13,15-17H2. The highest BCUT2D eigenvalue weighted by atomic mass is 19.1. The number of fused-ring (bicyclic) bond motifs is 2. The third-order valence-corrected chi connectivity index (χ3v) is 6.62. The lowest BCUT2D eigenvalue weighted by Crippen LogP contribution is -2.42. The van der Waals surface area contributed by atoms with Crippen molar-refractivity contribution in [3.05, 3.63) is 101 Å². The van der Waals surface area contributed by atoms with Gasteiger partial charge in [0.25, 0.3) is 0 Å². The number of halogens is 1. The Hall–Kier alpha value is -3.06. The van der Waals surface area contributed by atoms with Crippen LogP contribution in [0.2, 0.25) is 0 Å². The van der Waals surface area contributed by atoms with Crippen molar-refractivity contribution < 1.29 is 19.3 Å².